The van der Waals surface area contributed by atoms with E-state index in [1.807, 2.05) is 0 Å². The lowest BCUT2D eigenvalue weighted by Crippen LogP contribution is -2.34. The largest absolute Gasteiger partial charge is 0.497 e. The van der Waals surface area contributed by atoms with E-state index in [2.05, 4.69) is 5.32 Å². The molecule has 130 valence electrons. The van der Waals surface area contributed by atoms with Gasteiger partial charge < -0.3 is 14.8 Å². The SMILES string of the molecule is COc1cccc(N2CC(CNC(=O)c3cccc(F)c3)OC2=O)c1. The highest BCUT2D eigenvalue weighted by Crippen LogP contribution is 2.25. The van der Waals surface area contributed by atoms with Gasteiger partial charge in [0.15, 0.2) is 0 Å². The molecule has 7 heteroatoms. The Kier molecular flexibility index (Phi) is 4.83. The van der Waals surface area contributed by atoms with Crippen molar-refractivity contribution in [2.75, 3.05) is 25.1 Å². The number of cyclic esters (lactones) is 1. The van der Waals surface area contributed by atoms with Gasteiger partial charge in [-0.2, -0.15) is 0 Å². The molecule has 0 radical (unpaired) electrons. The molecular weight excluding hydrogens is 327 g/mol. The lowest BCUT2D eigenvalue weighted by molar-refractivity contribution is 0.0915. The van der Waals surface area contributed by atoms with E-state index in [9.17, 15) is 14.0 Å². The number of carbonyl (C=O) groups is 2. The third-order valence-electron chi connectivity index (χ3n) is 3.82. The predicted octanol–water partition coefficient (Wildman–Crippen LogP) is 2.59. The number of hydrogen-bond donors (Lipinski definition) is 1. The topological polar surface area (TPSA) is 67.9 Å². The summed E-state index contributed by atoms with van der Waals surface area (Å²) >= 11 is 0. The molecule has 2 aromatic rings. The summed E-state index contributed by atoms with van der Waals surface area (Å²) < 4.78 is 23.6. The van der Waals surface area contributed by atoms with E-state index in [1.54, 1.807) is 31.4 Å². The van der Waals surface area contributed by atoms with Crippen molar-refractivity contribution in [2.45, 2.75) is 6.10 Å². The van der Waals surface area contributed by atoms with Crippen LogP contribution in [0.25, 0.3) is 0 Å². The van der Waals surface area contributed by atoms with Crippen molar-refractivity contribution in [3.8, 4) is 5.75 Å². The van der Waals surface area contributed by atoms with Gasteiger partial charge in [-0.1, -0.05) is 12.1 Å². The van der Waals surface area contributed by atoms with Crippen molar-refractivity contribution in [3.05, 3.63) is 59.9 Å². The van der Waals surface area contributed by atoms with Crippen molar-refractivity contribution in [1.29, 1.82) is 0 Å². The van der Waals surface area contributed by atoms with Gasteiger partial charge in [0.2, 0.25) is 0 Å². The van der Waals surface area contributed by atoms with Crippen molar-refractivity contribution in [3.63, 3.8) is 0 Å². The number of halogens is 1. The third kappa shape index (κ3) is 3.88. The number of amides is 2. The Labute approximate surface area is 144 Å². The smallest absolute Gasteiger partial charge is 0.414 e. The van der Waals surface area contributed by atoms with E-state index >= 15 is 0 Å². The highest BCUT2D eigenvalue weighted by atomic mass is 19.1. The minimum absolute atomic E-state index is 0.140. The van der Waals surface area contributed by atoms with Gasteiger partial charge in [-0.3, -0.25) is 9.69 Å². The second-order valence-corrected chi connectivity index (χ2v) is 5.54. The fourth-order valence-corrected chi connectivity index (χ4v) is 2.56. The molecule has 1 fully saturated rings. The first-order valence-corrected chi connectivity index (χ1v) is 7.73. The first kappa shape index (κ1) is 16.8. The quantitative estimate of drug-likeness (QED) is 0.905. The van der Waals surface area contributed by atoms with Crippen LogP contribution in [0.1, 0.15) is 10.4 Å². The molecule has 0 bridgehead atoms. The second-order valence-electron chi connectivity index (χ2n) is 5.54. The molecule has 0 aromatic heterocycles. The van der Waals surface area contributed by atoms with Crippen LogP contribution in [0.3, 0.4) is 0 Å². The summed E-state index contributed by atoms with van der Waals surface area (Å²) in [5.41, 5.74) is 0.872. The highest BCUT2D eigenvalue weighted by Gasteiger charge is 2.32. The van der Waals surface area contributed by atoms with Crippen molar-refractivity contribution in [2.24, 2.45) is 0 Å². The van der Waals surface area contributed by atoms with Gasteiger partial charge >= 0.3 is 6.09 Å². The molecule has 1 saturated heterocycles. The molecule has 3 rings (SSSR count). The molecule has 0 saturated carbocycles. The number of ether oxygens (including phenoxy) is 2. The maximum atomic E-state index is 13.2. The lowest BCUT2D eigenvalue weighted by Gasteiger charge is -2.14. The lowest BCUT2D eigenvalue weighted by atomic mass is 10.2. The van der Waals surface area contributed by atoms with Crippen LogP contribution >= 0.6 is 0 Å². The molecule has 25 heavy (non-hydrogen) atoms. The molecule has 1 aliphatic heterocycles. The summed E-state index contributed by atoms with van der Waals surface area (Å²) in [5.74, 6) is -0.271. The van der Waals surface area contributed by atoms with E-state index in [1.165, 1.54) is 23.1 Å². The molecular formula is C18H17FN2O4. The number of methoxy groups -OCH3 is 1. The predicted molar refractivity (Wildman–Crippen MR) is 89.3 cm³/mol. The maximum absolute atomic E-state index is 13.2. The minimum atomic E-state index is -0.490. The van der Waals surface area contributed by atoms with Crippen LogP contribution in [0.15, 0.2) is 48.5 Å². The molecule has 1 unspecified atom stereocenters. The molecule has 2 amide bonds. The molecule has 1 aliphatic rings. The van der Waals surface area contributed by atoms with Gasteiger partial charge in [-0.15, -0.1) is 0 Å². The Bertz CT molecular complexity index is 796. The Balaban J connectivity index is 1.60. The number of carbonyl (C=O) groups excluding carboxylic acids is 2. The number of benzene rings is 2. The zero-order valence-electron chi connectivity index (χ0n) is 13.6. The van der Waals surface area contributed by atoms with Crippen molar-refractivity contribution < 1.29 is 23.5 Å². The van der Waals surface area contributed by atoms with Gasteiger partial charge in [0.1, 0.15) is 17.7 Å². The summed E-state index contributed by atoms with van der Waals surface area (Å²) in [5, 5.41) is 2.65. The van der Waals surface area contributed by atoms with Gasteiger partial charge in [-0.05, 0) is 30.3 Å². The average Bonchev–Trinajstić information content (AvgIpc) is 3.00. The van der Waals surface area contributed by atoms with Gasteiger partial charge in [0.05, 0.1) is 25.9 Å². The normalized spacial score (nSPS) is 16.5. The van der Waals surface area contributed by atoms with Crippen LogP contribution in [-0.2, 0) is 4.74 Å². The molecule has 6 nitrogen and oxygen atoms in total. The van der Waals surface area contributed by atoms with E-state index in [0.29, 0.717) is 18.0 Å². The number of hydrogen-bond acceptors (Lipinski definition) is 4. The van der Waals surface area contributed by atoms with Crippen LogP contribution in [0.2, 0.25) is 0 Å². The van der Waals surface area contributed by atoms with Gasteiger partial charge in [0, 0.05) is 11.6 Å². The van der Waals surface area contributed by atoms with Crippen molar-refractivity contribution in [1.82, 2.24) is 5.32 Å². The fourth-order valence-electron chi connectivity index (χ4n) is 2.56. The molecule has 1 heterocycles. The summed E-state index contributed by atoms with van der Waals surface area (Å²) in [6, 6.07) is 12.5. The fraction of sp³-hybridized carbons (Fsp3) is 0.222. The van der Waals surface area contributed by atoms with Crippen LogP contribution in [0, 0.1) is 5.82 Å². The molecule has 0 aliphatic carbocycles. The van der Waals surface area contributed by atoms with Gasteiger partial charge in [-0.25, -0.2) is 9.18 Å². The highest BCUT2D eigenvalue weighted by molar-refractivity contribution is 5.94. The second kappa shape index (κ2) is 7.21. The number of nitrogens with zero attached hydrogens (tertiary/aromatic N) is 1. The van der Waals surface area contributed by atoms with Crippen LogP contribution in [0.5, 0.6) is 5.75 Å². The summed E-state index contributed by atoms with van der Waals surface area (Å²) in [6.45, 7) is 0.441. The Morgan fingerprint density at radius 3 is 2.88 bits per heavy atom. The molecule has 1 atom stereocenters. The molecule has 1 N–H and O–H groups in total. The van der Waals surface area contributed by atoms with E-state index < -0.39 is 23.9 Å². The van der Waals surface area contributed by atoms with Crippen LogP contribution < -0.4 is 15.0 Å². The number of nitrogens with one attached hydrogen (secondary N) is 1. The summed E-state index contributed by atoms with van der Waals surface area (Å²) in [7, 11) is 1.55. The van der Waals surface area contributed by atoms with Crippen molar-refractivity contribution >= 4 is 17.7 Å². The first-order chi connectivity index (χ1) is 12.1. The van der Waals surface area contributed by atoms with Gasteiger partial charge in [0.25, 0.3) is 5.91 Å². The number of anilines is 1. The maximum Gasteiger partial charge on any atom is 0.414 e. The van der Waals surface area contributed by atoms with E-state index in [-0.39, 0.29) is 12.1 Å². The summed E-state index contributed by atoms with van der Waals surface area (Å²) in [4.78, 5) is 25.5. The Hall–Kier alpha value is -3.09. The Morgan fingerprint density at radius 1 is 1.32 bits per heavy atom. The van der Waals surface area contributed by atoms with Crippen LogP contribution in [0.4, 0.5) is 14.9 Å². The average molecular weight is 344 g/mol. The minimum Gasteiger partial charge on any atom is -0.497 e. The molecule has 2 aromatic carbocycles. The summed E-state index contributed by atoms with van der Waals surface area (Å²) in [6.07, 6.45) is -0.977. The monoisotopic (exact) mass is 344 g/mol. The van der Waals surface area contributed by atoms with E-state index in [4.69, 9.17) is 9.47 Å². The first-order valence-electron chi connectivity index (χ1n) is 7.73. The zero-order chi connectivity index (χ0) is 17.8. The Morgan fingerprint density at radius 2 is 2.12 bits per heavy atom. The number of rotatable bonds is 5. The third-order valence-corrected chi connectivity index (χ3v) is 3.82. The van der Waals surface area contributed by atoms with Crippen LogP contribution in [-0.4, -0.2) is 38.3 Å². The zero-order valence-corrected chi connectivity index (χ0v) is 13.6. The van der Waals surface area contributed by atoms with E-state index in [0.717, 1.165) is 6.07 Å². The molecule has 0 spiro atoms. The standard InChI is InChI=1S/C18H17FN2O4/c1-24-15-7-3-6-14(9-15)21-11-16(25-18(21)23)10-20-17(22)12-4-2-5-13(19)8-12/h2-9,16H,10-11H2,1H3,(H,20,22).